The number of carbonyl (C=O) groups is 1. The van der Waals surface area contributed by atoms with Crippen LogP contribution in [0.1, 0.15) is 30.4 Å². The van der Waals surface area contributed by atoms with Crippen LogP contribution in [0.25, 0.3) is 0 Å². The molecule has 3 N–H and O–H groups in total. The molecule has 6 nitrogen and oxygen atoms in total. The number of carbonyl (C=O) groups excluding carboxylic acids is 1. The van der Waals surface area contributed by atoms with Crippen molar-refractivity contribution in [3.8, 4) is 0 Å². The average molecular weight is 208 g/mol. The number of amides is 1. The summed E-state index contributed by atoms with van der Waals surface area (Å²) in [5, 5.41) is 5.35. The van der Waals surface area contributed by atoms with E-state index in [2.05, 4.69) is 22.2 Å². The van der Waals surface area contributed by atoms with Crippen LogP contribution in [0.2, 0.25) is 0 Å². The topological polar surface area (TPSA) is 78.9 Å². The molecule has 0 unspecified atom stereocenters. The van der Waals surface area contributed by atoms with Crippen LogP contribution in [0.15, 0.2) is 17.2 Å². The summed E-state index contributed by atoms with van der Waals surface area (Å²) < 4.78 is 1.49. The Morgan fingerprint density at radius 2 is 1.93 bits per heavy atom. The molecule has 0 aromatic carbocycles. The lowest BCUT2D eigenvalue weighted by atomic mass is 10.3. The molecule has 1 amide bonds. The average Bonchev–Trinajstić information content (AvgIpc) is 2.41. The minimum Gasteiger partial charge on any atom is -0.326 e. The van der Waals surface area contributed by atoms with Gasteiger partial charge in [0.1, 0.15) is 11.6 Å². The molecule has 15 heavy (non-hydrogen) atoms. The molecule has 0 radical (unpaired) electrons. The Kier molecular flexibility index (Phi) is 1.92. The largest absolute Gasteiger partial charge is 0.328 e. The van der Waals surface area contributed by atoms with Crippen molar-refractivity contribution in [1.29, 1.82) is 0 Å². The summed E-state index contributed by atoms with van der Waals surface area (Å²) in [6, 6.07) is -0.0244. The van der Waals surface area contributed by atoms with Gasteiger partial charge >= 0.3 is 5.69 Å². The zero-order valence-electron chi connectivity index (χ0n) is 8.55. The lowest BCUT2D eigenvalue weighted by molar-refractivity contribution is 0.0959. The number of imidazole rings is 1. The van der Waals surface area contributed by atoms with Gasteiger partial charge in [-0.1, -0.05) is 6.58 Å². The molecular weight excluding hydrogens is 196 g/mol. The number of anilines is 1. The quantitative estimate of drug-likeness (QED) is 0.624. The molecule has 6 heteroatoms. The van der Waals surface area contributed by atoms with Gasteiger partial charge in [-0.3, -0.25) is 14.3 Å². The number of hydrogen-bond acceptors (Lipinski definition) is 3. The van der Waals surface area contributed by atoms with E-state index in [1.807, 2.05) is 13.8 Å². The second-order valence-corrected chi connectivity index (χ2v) is 3.68. The van der Waals surface area contributed by atoms with Crippen molar-refractivity contribution < 1.29 is 4.79 Å². The van der Waals surface area contributed by atoms with Crippen LogP contribution in [0.3, 0.4) is 0 Å². The molecule has 1 aromatic rings. The van der Waals surface area contributed by atoms with E-state index in [1.54, 1.807) is 0 Å². The van der Waals surface area contributed by atoms with Crippen molar-refractivity contribution in [2.45, 2.75) is 19.9 Å². The fourth-order valence-electron chi connectivity index (χ4n) is 1.60. The number of nitrogens with zero attached hydrogens (tertiary/aromatic N) is 1. The molecule has 0 spiro atoms. The van der Waals surface area contributed by atoms with Crippen molar-refractivity contribution >= 4 is 11.7 Å². The molecule has 0 saturated heterocycles. The van der Waals surface area contributed by atoms with Crippen molar-refractivity contribution in [2.75, 3.05) is 5.32 Å². The van der Waals surface area contributed by atoms with Crippen molar-refractivity contribution in [3.63, 3.8) is 0 Å². The number of H-pyrrole nitrogens is 1. The number of aromatic amines is 1. The standard InChI is InChI=1S/C9H12N4O2/c1-4(2)13-7-6(12-9(13)15)8(14)11-5(3)10-7/h4,10H,3H2,1-2H3,(H,11,14)(H,12,15). The highest BCUT2D eigenvalue weighted by atomic mass is 16.2. The summed E-state index contributed by atoms with van der Waals surface area (Å²) in [5.41, 5.74) is -0.0477. The Morgan fingerprint density at radius 1 is 1.27 bits per heavy atom. The Balaban J connectivity index is 2.66. The van der Waals surface area contributed by atoms with E-state index in [1.165, 1.54) is 4.57 Å². The Morgan fingerprint density at radius 3 is 2.53 bits per heavy atom. The zero-order valence-corrected chi connectivity index (χ0v) is 8.55. The molecule has 0 bridgehead atoms. The van der Waals surface area contributed by atoms with Crippen LogP contribution in [0.4, 0.5) is 5.82 Å². The third-order valence-electron chi connectivity index (χ3n) is 2.21. The number of aromatic nitrogens is 2. The number of hydrogen-bond donors (Lipinski definition) is 3. The van der Waals surface area contributed by atoms with E-state index < -0.39 is 0 Å². The molecule has 80 valence electrons. The number of rotatable bonds is 1. The summed E-state index contributed by atoms with van der Waals surface area (Å²) in [6.07, 6.45) is 0. The van der Waals surface area contributed by atoms with Crippen LogP contribution in [-0.4, -0.2) is 15.5 Å². The van der Waals surface area contributed by atoms with Gasteiger partial charge in [-0.05, 0) is 13.8 Å². The Bertz CT molecular complexity index is 495. The normalized spacial score (nSPS) is 14.9. The molecule has 0 aliphatic carbocycles. The van der Waals surface area contributed by atoms with E-state index in [9.17, 15) is 9.59 Å². The number of fused-ring (bicyclic) bond motifs is 1. The predicted molar refractivity (Wildman–Crippen MR) is 55.7 cm³/mol. The maximum absolute atomic E-state index is 11.6. The van der Waals surface area contributed by atoms with Gasteiger partial charge in [0.2, 0.25) is 0 Å². The molecule has 1 aliphatic heterocycles. The SMILES string of the molecule is C=C1NC(=O)c2[nH]c(=O)n(C(C)C)c2N1. The first-order valence-corrected chi connectivity index (χ1v) is 4.62. The monoisotopic (exact) mass is 208 g/mol. The first-order chi connectivity index (χ1) is 7.00. The molecule has 0 saturated carbocycles. The first-order valence-electron chi connectivity index (χ1n) is 4.62. The summed E-state index contributed by atoms with van der Waals surface area (Å²) in [6.45, 7) is 7.34. The molecule has 2 rings (SSSR count). The maximum Gasteiger partial charge on any atom is 0.328 e. The van der Waals surface area contributed by atoms with E-state index in [0.29, 0.717) is 11.6 Å². The lowest BCUT2D eigenvalue weighted by Crippen LogP contribution is -2.33. The molecule has 0 atom stereocenters. The minimum atomic E-state index is -0.342. The van der Waals surface area contributed by atoms with Gasteiger partial charge in [0.25, 0.3) is 5.91 Å². The first kappa shape index (κ1) is 9.57. The van der Waals surface area contributed by atoms with Gasteiger partial charge in [-0.25, -0.2) is 4.79 Å². The lowest BCUT2D eigenvalue weighted by Gasteiger charge is -2.19. The van der Waals surface area contributed by atoms with Crippen LogP contribution in [0, 0.1) is 0 Å². The fraction of sp³-hybridized carbons (Fsp3) is 0.333. The fourth-order valence-corrected chi connectivity index (χ4v) is 1.60. The molecule has 0 fully saturated rings. The highest BCUT2D eigenvalue weighted by Crippen LogP contribution is 2.20. The van der Waals surface area contributed by atoms with Gasteiger partial charge in [0.15, 0.2) is 5.69 Å². The molecule has 1 aliphatic rings. The molecule has 1 aromatic heterocycles. The summed E-state index contributed by atoms with van der Waals surface area (Å²) in [7, 11) is 0. The van der Waals surface area contributed by atoms with Crippen LogP contribution in [0.5, 0.6) is 0 Å². The highest BCUT2D eigenvalue weighted by Gasteiger charge is 2.26. The van der Waals surface area contributed by atoms with Gasteiger partial charge in [-0.2, -0.15) is 0 Å². The summed E-state index contributed by atoms with van der Waals surface area (Å²) in [4.78, 5) is 25.6. The van der Waals surface area contributed by atoms with E-state index in [4.69, 9.17) is 0 Å². The van der Waals surface area contributed by atoms with Crippen LogP contribution in [-0.2, 0) is 0 Å². The Labute approximate surface area is 86.0 Å². The van der Waals surface area contributed by atoms with Gasteiger partial charge in [0.05, 0.1) is 0 Å². The van der Waals surface area contributed by atoms with Crippen LogP contribution < -0.4 is 16.3 Å². The minimum absolute atomic E-state index is 0.0244. The van der Waals surface area contributed by atoms with Crippen LogP contribution >= 0.6 is 0 Å². The van der Waals surface area contributed by atoms with Gasteiger partial charge in [-0.15, -0.1) is 0 Å². The summed E-state index contributed by atoms with van der Waals surface area (Å²) >= 11 is 0. The third kappa shape index (κ3) is 1.34. The molecular formula is C9H12N4O2. The van der Waals surface area contributed by atoms with Gasteiger partial charge in [0, 0.05) is 6.04 Å². The van der Waals surface area contributed by atoms with Gasteiger partial charge < -0.3 is 10.6 Å². The zero-order chi connectivity index (χ0) is 11.2. The maximum atomic E-state index is 11.6. The van der Waals surface area contributed by atoms with E-state index >= 15 is 0 Å². The Hall–Kier alpha value is -1.98. The van der Waals surface area contributed by atoms with Crippen molar-refractivity contribution in [2.24, 2.45) is 0 Å². The highest BCUT2D eigenvalue weighted by molar-refractivity contribution is 6.00. The second-order valence-electron chi connectivity index (χ2n) is 3.68. The predicted octanol–water partition coefficient (Wildman–Crippen LogP) is 0.384. The van der Waals surface area contributed by atoms with E-state index in [0.717, 1.165) is 0 Å². The van der Waals surface area contributed by atoms with Crippen molar-refractivity contribution in [3.05, 3.63) is 28.6 Å². The summed E-state index contributed by atoms with van der Waals surface area (Å²) in [5.74, 6) is 0.509. The second kappa shape index (κ2) is 3.01. The number of nitrogens with one attached hydrogen (secondary N) is 3. The van der Waals surface area contributed by atoms with Crippen molar-refractivity contribution in [1.82, 2.24) is 14.9 Å². The van der Waals surface area contributed by atoms with E-state index in [-0.39, 0.29) is 23.3 Å². The molecule has 2 heterocycles. The third-order valence-corrected chi connectivity index (χ3v) is 2.21. The smallest absolute Gasteiger partial charge is 0.326 e.